The molecule has 0 spiro atoms. The molecule has 0 fully saturated rings. The van der Waals surface area contributed by atoms with Crippen molar-refractivity contribution in [3.8, 4) is 17.2 Å². The Labute approximate surface area is 139 Å². The average Bonchev–Trinajstić information content (AvgIpc) is 2.64. The van der Waals surface area contributed by atoms with Gasteiger partial charge in [0.15, 0.2) is 6.61 Å². The highest BCUT2D eigenvalue weighted by atomic mass is 16.5. The Morgan fingerprint density at radius 3 is 2.21 bits per heavy atom. The van der Waals surface area contributed by atoms with Crippen molar-refractivity contribution in [1.29, 1.82) is 0 Å². The second kappa shape index (κ2) is 8.42. The van der Waals surface area contributed by atoms with E-state index in [0.717, 1.165) is 0 Å². The monoisotopic (exact) mass is 330 g/mol. The van der Waals surface area contributed by atoms with Crippen LogP contribution in [0.2, 0.25) is 0 Å². The molecule has 0 bridgehead atoms. The van der Waals surface area contributed by atoms with Crippen molar-refractivity contribution in [1.82, 2.24) is 10.9 Å². The van der Waals surface area contributed by atoms with Gasteiger partial charge in [0.25, 0.3) is 11.8 Å². The number of hydrogen-bond donors (Lipinski definition) is 2. The van der Waals surface area contributed by atoms with Crippen LogP contribution in [0.15, 0.2) is 48.5 Å². The number of carbonyl (C=O) groups excluding carboxylic acids is 2. The van der Waals surface area contributed by atoms with E-state index in [1.54, 1.807) is 55.6 Å². The minimum atomic E-state index is -0.492. The van der Waals surface area contributed by atoms with Crippen molar-refractivity contribution in [2.24, 2.45) is 0 Å². The predicted molar refractivity (Wildman–Crippen MR) is 87.1 cm³/mol. The smallest absolute Gasteiger partial charge is 0.276 e. The first-order valence-corrected chi connectivity index (χ1v) is 7.13. The molecule has 0 aliphatic carbocycles. The number of hydrogen-bond acceptors (Lipinski definition) is 5. The summed E-state index contributed by atoms with van der Waals surface area (Å²) in [6, 6.07) is 13.5. The minimum absolute atomic E-state index is 0.238. The van der Waals surface area contributed by atoms with Crippen LogP contribution in [0.3, 0.4) is 0 Å². The van der Waals surface area contributed by atoms with Crippen LogP contribution in [0, 0.1) is 0 Å². The highest BCUT2D eigenvalue weighted by molar-refractivity contribution is 5.97. The second-order valence-corrected chi connectivity index (χ2v) is 4.67. The molecule has 2 amide bonds. The van der Waals surface area contributed by atoms with Crippen molar-refractivity contribution < 1.29 is 23.8 Å². The van der Waals surface area contributed by atoms with Gasteiger partial charge in [-0.05, 0) is 36.4 Å². The molecule has 7 nitrogen and oxygen atoms in total. The highest BCUT2D eigenvalue weighted by Crippen LogP contribution is 2.17. The summed E-state index contributed by atoms with van der Waals surface area (Å²) >= 11 is 0. The first-order chi connectivity index (χ1) is 11.6. The SMILES string of the molecule is COc1ccc(OCC(=O)NNC(=O)c2ccccc2OC)cc1. The third-order valence-corrected chi connectivity index (χ3v) is 3.10. The number of rotatable bonds is 6. The van der Waals surface area contributed by atoms with Crippen LogP contribution >= 0.6 is 0 Å². The topological polar surface area (TPSA) is 85.9 Å². The van der Waals surface area contributed by atoms with E-state index in [1.165, 1.54) is 7.11 Å². The summed E-state index contributed by atoms with van der Waals surface area (Å²) in [5.74, 6) is 0.649. The standard InChI is InChI=1S/C17H18N2O5/c1-22-12-7-9-13(10-8-12)24-11-16(20)18-19-17(21)14-5-3-4-6-15(14)23-2/h3-10H,11H2,1-2H3,(H,18,20)(H,19,21). The summed E-state index contributed by atoms with van der Waals surface area (Å²) in [6.07, 6.45) is 0. The Morgan fingerprint density at radius 1 is 0.875 bits per heavy atom. The van der Waals surface area contributed by atoms with Gasteiger partial charge in [-0.25, -0.2) is 0 Å². The van der Waals surface area contributed by atoms with Crippen molar-refractivity contribution >= 4 is 11.8 Å². The third kappa shape index (κ3) is 4.64. The van der Waals surface area contributed by atoms with Crippen LogP contribution in [0.1, 0.15) is 10.4 Å². The molecule has 24 heavy (non-hydrogen) atoms. The summed E-state index contributed by atoms with van der Waals surface area (Å²) in [4.78, 5) is 23.7. The van der Waals surface area contributed by atoms with Gasteiger partial charge in [-0.1, -0.05) is 12.1 Å². The first kappa shape index (κ1) is 17.1. The quantitative estimate of drug-likeness (QED) is 0.785. The van der Waals surface area contributed by atoms with Gasteiger partial charge in [0.2, 0.25) is 0 Å². The van der Waals surface area contributed by atoms with E-state index in [2.05, 4.69) is 10.9 Å². The molecule has 0 aromatic heterocycles. The molecule has 7 heteroatoms. The molecular formula is C17H18N2O5. The fraction of sp³-hybridized carbons (Fsp3) is 0.176. The zero-order valence-corrected chi connectivity index (χ0v) is 13.4. The van der Waals surface area contributed by atoms with E-state index in [0.29, 0.717) is 22.8 Å². The molecule has 0 saturated carbocycles. The molecule has 0 unspecified atom stereocenters. The molecule has 0 atom stereocenters. The maximum absolute atomic E-state index is 12.0. The van der Waals surface area contributed by atoms with Gasteiger partial charge in [0.1, 0.15) is 17.2 Å². The fourth-order valence-corrected chi connectivity index (χ4v) is 1.88. The van der Waals surface area contributed by atoms with Gasteiger partial charge < -0.3 is 14.2 Å². The van der Waals surface area contributed by atoms with Gasteiger partial charge in [0, 0.05) is 0 Å². The number of para-hydroxylation sites is 1. The van der Waals surface area contributed by atoms with Crippen LogP contribution in [0.25, 0.3) is 0 Å². The normalized spacial score (nSPS) is 9.75. The average molecular weight is 330 g/mol. The molecule has 126 valence electrons. The zero-order chi connectivity index (χ0) is 17.4. The molecular weight excluding hydrogens is 312 g/mol. The number of hydrazine groups is 1. The van der Waals surface area contributed by atoms with Crippen LogP contribution in [-0.4, -0.2) is 32.6 Å². The fourth-order valence-electron chi connectivity index (χ4n) is 1.88. The lowest BCUT2D eigenvalue weighted by atomic mass is 10.2. The lowest BCUT2D eigenvalue weighted by Crippen LogP contribution is -2.43. The van der Waals surface area contributed by atoms with Crippen molar-refractivity contribution in [3.63, 3.8) is 0 Å². The summed E-state index contributed by atoms with van der Waals surface area (Å²) in [5, 5.41) is 0. The van der Waals surface area contributed by atoms with E-state index >= 15 is 0 Å². The maximum atomic E-state index is 12.0. The largest absolute Gasteiger partial charge is 0.497 e. The number of methoxy groups -OCH3 is 2. The van der Waals surface area contributed by atoms with Gasteiger partial charge in [-0.3, -0.25) is 20.4 Å². The summed E-state index contributed by atoms with van der Waals surface area (Å²) in [6.45, 7) is -0.238. The Bertz CT molecular complexity index is 700. The number of carbonyl (C=O) groups is 2. The zero-order valence-electron chi connectivity index (χ0n) is 13.4. The predicted octanol–water partition coefficient (Wildman–Crippen LogP) is 1.54. The van der Waals surface area contributed by atoms with Crippen molar-refractivity contribution in [2.45, 2.75) is 0 Å². The molecule has 2 rings (SSSR count). The summed E-state index contributed by atoms with van der Waals surface area (Å²) in [5.41, 5.74) is 4.91. The van der Waals surface area contributed by atoms with Crippen LogP contribution in [0.4, 0.5) is 0 Å². The van der Waals surface area contributed by atoms with E-state index < -0.39 is 11.8 Å². The molecule has 0 aliphatic heterocycles. The van der Waals surface area contributed by atoms with Gasteiger partial charge in [-0.15, -0.1) is 0 Å². The number of amides is 2. The maximum Gasteiger partial charge on any atom is 0.276 e. The van der Waals surface area contributed by atoms with Crippen molar-refractivity contribution in [3.05, 3.63) is 54.1 Å². The van der Waals surface area contributed by atoms with Gasteiger partial charge >= 0.3 is 0 Å². The molecule has 2 aromatic carbocycles. The van der Waals surface area contributed by atoms with E-state index in [-0.39, 0.29) is 6.61 Å². The highest BCUT2D eigenvalue weighted by Gasteiger charge is 2.12. The van der Waals surface area contributed by atoms with E-state index in [4.69, 9.17) is 14.2 Å². The Morgan fingerprint density at radius 2 is 1.54 bits per heavy atom. The first-order valence-electron chi connectivity index (χ1n) is 7.13. The Hall–Kier alpha value is -3.22. The molecule has 0 radical (unpaired) electrons. The van der Waals surface area contributed by atoms with Gasteiger partial charge in [0.05, 0.1) is 19.8 Å². The van der Waals surface area contributed by atoms with Crippen LogP contribution < -0.4 is 25.1 Å². The summed E-state index contributed by atoms with van der Waals surface area (Å²) in [7, 11) is 3.03. The Balaban J connectivity index is 1.81. The van der Waals surface area contributed by atoms with Crippen molar-refractivity contribution in [2.75, 3.05) is 20.8 Å². The van der Waals surface area contributed by atoms with Gasteiger partial charge in [-0.2, -0.15) is 0 Å². The minimum Gasteiger partial charge on any atom is -0.497 e. The molecule has 0 aliphatic rings. The third-order valence-electron chi connectivity index (χ3n) is 3.10. The Kier molecular flexibility index (Phi) is 6.01. The molecule has 2 aromatic rings. The lowest BCUT2D eigenvalue weighted by molar-refractivity contribution is -0.123. The van der Waals surface area contributed by atoms with Crippen LogP contribution in [-0.2, 0) is 4.79 Å². The summed E-state index contributed by atoms with van der Waals surface area (Å²) < 4.78 is 15.4. The molecule has 2 N–H and O–H groups in total. The van der Waals surface area contributed by atoms with E-state index in [1.807, 2.05) is 0 Å². The molecule has 0 heterocycles. The number of ether oxygens (including phenoxy) is 3. The van der Waals surface area contributed by atoms with Crippen LogP contribution in [0.5, 0.6) is 17.2 Å². The second-order valence-electron chi connectivity index (χ2n) is 4.67. The number of benzene rings is 2. The van der Waals surface area contributed by atoms with E-state index in [9.17, 15) is 9.59 Å². The molecule has 0 saturated heterocycles. The number of nitrogens with one attached hydrogen (secondary N) is 2. The lowest BCUT2D eigenvalue weighted by Gasteiger charge is -2.11.